The van der Waals surface area contributed by atoms with E-state index in [2.05, 4.69) is 50.2 Å². The van der Waals surface area contributed by atoms with Gasteiger partial charge in [-0.2, -0.15) is 0 Å². The molecule has 2 heteroatoms. The monoisotopic (exact) mass is 346 g/mol. The molecule has 1 atom stereocenters. The van der Waals surface area contributed by atoms with Crippen LogP contribution in [0.1, 0.15) is 40.3 Å². The van der Waals surface area contributed by atoms with Gasteiger partial charge >= 0.3 is 0 Å². The van der Waals surface area contributed by atoms with Crippen molar-refractivity contribution in [1.29, 1.82) is 0 Å². The van der Waals surface area contributed by atoms with Crippen LogP contribution in [0.4, 0.5) is 0 Å². The fourth-order valence-electron chi connectivity index (χ4n) is 3.15. The lowest BCUT2D eigenvalue weighted by Crippen LogP contribution is -2.04. The summed E-state index contributed by atoms with van der Waals surface area (Å²) in [4.78, 5) is 0. The van der Waals surface area contributed by atoms with Gasteiger partial charge in [0.2, 0.25) is 0 Å². The topological polar surface area (TPSA) is 29.5 Å². The van der Waals surface area contributed by atoms with Gasteiger partial charge in [0, 0.05) is 0 Å². The van der Waals surface area contributed by atoms with Crippen molar-refractivity contribution in [2.75, 3.05) is 0 Å². The number of hydrogen-bond acceptors (Lipinski definition) is 2. The fraction of sp³-hybridized carbons (Fsp3) is 0.250. The van der Waals surface area contributed by atoms with Crippen LogP contribution in [0.2, 0.25) is 0 Å². The molecule has 2 nitrogen and oxygen atoms in total. The number of aliphatic hydroxyl groups is 1. The summed E-state index contributed by atoms with van der Waals surface area (Å²) < 4.78 is 6.02. The van der Waals surface area contributed by atoms with Gasteiger partial charge in [-0.25, -0.2) is 0 Å². The SMILES string of the molecule is Cc1ccc(C)c(C(O)CCc2ccccc2OCc2ccccc2)c1. The zero-order valence-corrected chi connectivity index (χ0v) is 15.5. The summed E-state index contributed by atoms with van der Waals surface area (Å²) in [5.41, 5.74) is 5.62. The van der Waals surface area contributed by atoms with Crippen LogP contribution in [0.25, 0.3) is 0 Å². The number of ether oxygens (including phenoxy) is 1. The Morgan fingerprint density at radius 3 is 2.42 bits per heavy atom. The second-order valence-electron chi connectivity index (χ2n) is 6.80. The predicted octanol–water partition coefficient (Wildman–Crippen LogP) is 5.55. The summed E-state index contributed by atoms with van der Waals surface area (Å²) in [6.07, 6.45) is 0.993. The first-order chi connectivity index (χ1) is 12.6. The zero-order chi connectivity index (χ0) is 18.4. The van der Waals surface area contributed by atoms with Crippen molar-refractivity contribution in [1.82, 2.24) is 0 Å². The molecule has 0 fully saturated rings. The Hall–Kier alpha value is -2.58. The van der Waals surface area contributed by atoms with Crippen LogP contribution in [-0.2, 0) is 13.0 Å². The van der Waals surface area contributed by atoms with Crippen LogP contribution in [0.15, 0.2) is 72.8 Å². The van der Waals surface area contributed by atoms with E-state index in [1.165, 1.54) is 5.56 Å². The Balaban J connectivity index is 1.65. The largest absolute Gasteiger partial charge is 0.489 e. The van der Waals surface area contributed by atoms with Crippen LogP contribution in [0.5, 0.6) is 5.75 Å². The predicted molar refractivity (Wildman–Crippen MR) is 106 cm³/mol. The quantitative estimate of drug-likeness (QED) is 0.608. The van der Waals surface area contributed by atoms with Gasteiger partial charge in [0.15, 0.2) is 0 Å². The third-order valence-electron chi connectivity index (χ3n) is 4.69. The van der Waals surface area contributed by atoms with Crippen molar-refractivity contribution >= 4 is 0 Å². The lowest BCUT2D eigenvalue weighted by atomic mass is 9.96. The van der Waals surface area contributed by atoms with Crippen LogP contribution in [0, 0.1) is 13.8 Å². The van der Waals surface area contributed by atoms with Crippen molar-refractivity contribution in [3.05, 3.63) is 101 Å². The highest BCUT2D eigenvalue weighted by Crippen LogP contribution is 2.27. The molecule has 3 aromatic rings. The van der Waals surface area contributed by atoms with Crippen molar-refractivity contribution in [2.24, 2.45) is 0 Å². The highest BCUT2D eigenvalue weighted by atomic mass is 16.5. The molecule has 0 radical (unpaired) electrons. The Morgan fingerprint density at radius 1 is 0.885 bits per heavy atom. The molecule has 0 aliphatic rings. The summed E-state index contributed by atoms with van der Waals surface area (Å²) in [6, 6.07) is 24.5. The Bertz CT molecular complexity index is 840. The molecule has 0 aliphatic heterocycles. The van der Waals surface area contributed by atoms with Gasteiger partial charge < -0.3 is 9.84 Å². The lowest BCUT2D eigenvalue weighted by molar-refractivity contribution is 0.166. The Morgan fingerprint density at radius 2 is 1.62 bits per heavy atom. The molecule has 0 aliphatic carbocycles. The molecule has 0 spiro atoms. The van der Waals surface area contributed by atoms with Crippen molar-refractivity contribution in [3.8, 4) is 5.75 Å². The highest BCUT2D eigenvalue weighted by Gasteiger charge is 2.12. The molecule has 1 N–H and O–H groups in total. The van der Waals surface area contributed by atoms with E-state index < -0.39 is 6.10 Å². The summed E-state index contributed by atoms with van der Waals surface area (Å²) in [5.74, 6) is 0.893. The van der Waals surface area contributed by atoms with E-state index >= 15 is 0 Å². The molecule has 0 heterocycles. The summed E-state index contributed by atoms with van der Waals surface area (Å²) >= 11 is 0. The highest BCUT2D eigenvalue weighted by molar-refractivity contribution is 5.35. The number of aryl methyl sites for hydroxylation is 3. The Kier molecular flexibility index (Phi) is 6.08. The normalized spacial score (nSPS) is 12.0. The van der Waals surface area contributed by atoms with E-state index in [1.807, 2.05) is 36.4 Å². The maximum atomic E-state index is 10.6. The number of para-hydroxylation sites is 1. The average molecular weight is 346 g/mol. The maximum absolute atomic E-state index is 10.6. The van der Waals surface area contributed by atoms with Gasteiger partial charge in [-0.15, -0.1) is 0 Å². The molecule has 0 bridgehead atoms. The van der Waals surface area contributed by atoms with Gasteiger partial charge in [0.25, 0.3) is 0 Å². The number of benzene rings is 3. The molecule has 26 heavy (non-hydrogen) atoms. The zero-order valence-electron chi connectivity index (χ0n) is 15.5. The first-order valence-electron chi connectivity index (χ1n) is 9.13. The van der Waals surface area contributed by atoms with Crippen LogP contribution < -0.4 is 4.74 Å². The summed E-state index contributed by atoms with van der Waals surface area (Å²) in [5, 5.41) is 10.6. The summed E-state index contributed by atoms with van der Waals surface area (Å²) in [6.45, 7) is 4.66. The van der Waals surface area contributed by atoms with Crippen LogP contribution >= 0.6 is 0 Å². The first-order valence-corrected chi connectivity index (χ1v) is 9.13. The Labute approximate surface area is 156 Å². The van der Waals surface area contributed by atoms with E-state index in [0.717, 1.165) is 34.4 Å². The van der Waals surface area contributed by atoms with E-state index in [-0.39, 0.29) is 0 Å². The van der Waals surface area contributed by atoms with Gasteiger partial charge in [0.05, 0.1) is 6.10 Å². The van der Waals surface area contributed by atoms with E-state index in [1.54, 1.807) is 0 Å². The van der Waals surface area contributed by atoms with Crippen LogP contribution in [-0.4, -0.2) is 5.11 Å². The lowest BCUT2D eigenvalue weighted by Gasteiger charge is -2.16. The molecule has 1 unspecified atom stereocenters. The molecular weight excluding hydrogens is 320 g/mol. The smallest absolute Gasteiger partial charge is 0.122 e. The standard InChI is InChI=1S/C24H26O2/c1-18-12-13-19(2)22(16-18)23(25)15-14-21-10-6-7-11-24(21)26-17-20-8-4-3-5-9-20/h3-13,16,23,25H,14-15,17H2,1-2H3. The van der Waals surface area contributed by atoms with E-state index in [9.17, 15) is 5.11 Å². The number of hydrogen-bond donors (Lipinski definition) is 1. The summed E-state index contributed by atoms with van der Waals surface area (Å²) in [7, 11) is 0. The van der Waals surface area contributed by atoms with Gasteiger partial charge in [-0.1, -0.05) is 72.3 Å². The third kappa shape index (κ3) is 4.74. The van der Waals surface area contributed by atoms with Gasteiger partial charge in [0.1, 0.15) is 12.4 Å². The van der Waals surface area contributed by atoms with E-state index in [0.29, 0.717) is 13.0 Å². The van der Waals surface area contributed by atoms with Crippen LogP contribution in [0.3, 0.4) is 0 Å². The third-order valence-corrected chi connectivity index (χ3v) is 4.69. The first kappa shape index (κ1) is 18.2. The minimum Gasteiger partial charge on any atom is -0.489 e. The second kappa shape index (κ2) is 8.68. The molecule has 0 amide bonds. The molecule has 3 aromatic carbocycles. The van der Waals surface area contributed by atoms with Crippen molar-refractivity contribution in [2.45, 2.75) is 39.4 Å². The molecule has 0 saturated heterocycles. The second-order valence-corrected chi connectivity index (χ2v) is 6.80. The fourth-order valence-corrected chi connectivity index (χ4v) is 3.15. The molecule has 0 saturated carbocycles. The molecular formula is C24H26O2. The van der Waals surface area contributed by atoms with Crippen molar-refractivity contribution in [3.63, 3.8) is 0 Å². The number of aliphatic hydroxyl groups excluding tert-OH is 1. The van der Waals surface area contributed by atoms with Gasteiger partial charge in [-0.05, 0) is 55.0 Å². The van der Waals surface area contributed by atoms with Crippen molar-refractivity contribution < 1.29 is 9.84 Å². The molecule has 0 aromatic heterocycles. The number of rotatable bonds is 7. The maximum Gasteiger partial charge on any atom is 0.122 e. The minimum atomic E-state index is -0.461. The average Bonchev–Trinajstić information content (AvgIpc) is 2.67. The van der Waals surface area contributed by atoms with E-state index in [4.69, 9.17) is 4.74 Å². The molecule has 134 valence electrons. The molecule has 3 rings (SSSR count). The minimum absolute atomic E-state index is 0.461. The van der Waals surface area contributed by atoms with Gasteiger partial charge in [-0.3, -0.25) is 0 Å².